The van der Waals surface area contributed by atoms with E-state index in [1.807, 2.05) is 0 Å². The lowest BCUT2D eigenvalue weighted by molar-refractivity contribution is 0.0305. The summed E-state index contributed by atoms with van der Waals surface area (Å²) < 4.78 is 5.89. The number of hydrogen-bond donors (Lipinski definition) is 0. The van der Waals surface area contributed by atoms with E-state index in [1.54, 1.807) is 5.56 Å². The SMILES string of the molecule is CCCCCC=CCOc1ccc(-c2ccc(C34CCC(CCCCC)(CC3)CC4)cc2)cc1. The van der Waals surface area contributed by atoms with E-state index in [-0.39, 0.29) is 0 Å². The Bertz CT molecular complexity index is 865. The van der Waals surface area contributed by atoms with Crippen molar-refractivity contribution in [2.24, 2.45) is 5.41 Å². The predicted molar refractivity (Wildman–Crippen MR) is 147 cm³/mol. The summed E-state index contributed by atoms with van der Waals surface area (Å²) in [5, 5.41) is 0. The maximum absolute atomic E-state index is 5.89. The maximum Gasteiger partial charge on any atom is 0.119 e. The molecule has 0 heterocycles. The van der Waals surface area contributed by atoms with Gasteiger partial charge in [-0.2, -0.15) is 0 Å². The van der Waals surface area contributed by atoms with Crippen molar-refractivity contribution in [2.75, 3.05) is 6.61 Å². The summed E-state index contributed by atoms with van der Waals surface area (Å²) in [4.78, 5) is 0. The minimum atomic E-state index is 0.451. The van der Waals surface area contributed by atoms with Gasteiger partial charge in [0.1, 0.15) is 12.4 Å². The van der Waals surface area contributed by atoms with Gasteiger partial charge >= 0.3 is 0 Å². The Morgan fingerprint density at radius 3 is 1.88 bits per heavy atom. The zero-order valence-electron chi connectivity index (χ0n) is 21.8. The Morgan fingerprint density at radius 1 is 0.676 bits per heavy atom. The molecule has 2 aromatic rings. The standard InChI is InChI=1S/C33H46O/c1-3-5-7-8-9-11-27-34-31-18-14-29(15-19-31)28-12-16-30(17-13-28)33-24-21-32(22-25-33,23-26-33)20-10-6-4-2/h9,11-19H,3-8,10,20-27H2,1-2H3. The van der Waals surface area contributed by atoms with Gasteiger partial charge in [-0.25, -0.2) is 0 Å². The van der Waals surface area contributed by atoms with Gasteiger partial charge in [-0.05, 0) is 97.4 Å². The first kappa shape index (κ1) is 25.1. The first-order valence-electron chi connectivity index (χ1n) is 14.2. The third-order valence-corrected chi connectivity index (χ3v) is 8.88. The van der Waals surface area contributed by atoms with Crippen molar-refractivity contribution >= 4 is 0 Å². The Morgan fingerprint density at radius 2 is 1.26 bits per heavy atom. The second-order valence-electron chi connectivity index (χ2n) is 11.1. The number of fused-ring (bicyclic) bond motifs is 3. The molecule has 3 aliphatic carbocycles. The highest BCUT2D eigenvalue weighted by Gasteiger charge is 2.48. The fraction of sp³-hybridized carbons (Fsp3) is 0.576. The first-order chi connectivity index (χ1) is 16.7. The molecular weight excluding hydrogens is 412 g/mol. The Hall–Kier alpha value is -2.02. The molecule has 0 saturated heterocycles. The summed E-state index contributed by atoms with van der Waals surface area (Å²) in [6, 6.07) is 18.1. The van der Waals surface area contributed by atoms with Crippen LogP contribution in [0, 0.1) is 5.41 Å². The summed E-state index contributed by atoms with van der Waals surface area (Å²) in [5.41, 5.74) is 5.30. The van der Waals surface area contributed by atoms with Crippen LogP contribution in [0.2, 0.25) is 0 Å². The molecule has 0 atom stereocenters. The van der Waals surface area contributed by atoms with Crippen molar-refractivity contribution in [3.05, 3.63) is 66.2 Å². The van der Waals surface area contributed by atoms with E-state index >= 15 is 0 Å². The lowest BCUT2D eigenvalue weighted by Crippen LogP contribution is -2.44. The number of allylic oxidation sites excluding steroid dienone is 1. The molecule has 0 N–H and O–H groups in total. The molecule has 0 radical (unpaired) electrons. The van der Waals surface area contributed by atoms with Gasteiger partial charge in [0, 0.05) is 0 Å². The summed E-state index contributed by atoms with van der Waals surface area (Å²) in [6.07, 6.45) is 23.7. The van der Waals surface area contributed by atoms with Crippen LogP contribution in [0.5, 0.6) is 5.75 Å². The molecule has 3 fully saturated rings. The maximum atomic E-state index is 5.89. The van der Waals surface area contributed by atoms with Gasteiger partial charge in [-0.15, -0.1) is 0 Å². The van der Waals surface area contributed by atoms with Gasteiger partial charge in [0.15, 0.2) is 0 Å². The van der Waals surface area contributed by atoms with Crippen LogP contribution in [0.3, 0.4) is 0 Å². The molecule has 5 rings (SSSR count). The molecule has 0 aromatic heterocycles. The van der Waals surface area contributed by atoms with Crippen LogP contribution in [0.1, 0.15) is 109 Å². The molecule has 2 bridgehead atoms. The normalized spacial score (nSPS) is 24.1. The van der Waals surface area contributed by atoms with Gasteiger partial charge in [0.2, 0.25) is 0 Å². The van der Waals surface area contributed by atoms with E-state index in [1.165, 1.54) is 94.6 Å². The second kappa shape index (κ2) is 12.1. The minimum Gasteiger partial charge on any atom is -0.490 e. The minimum absolute atomic E-state index is 0.451. The molecule has 1 heteroatoms. The van der Waals surface area contributed by atoms with Crippen LogP contribution in [-0.4, -0.2) is 6.61 Å². The highest BCUT2D eigenvalue weighted by atomic mass is 16.5. The van der Waals surface area contributed by atoms with Crippen LogP contribution >= 0.6 is 0 Å². The van der Waals surface area contributed by atoms with Crippen molar-refractivity contribution in [1.82, 2.24) is 0 Å². The van der Waals surface area contributed by atoms with Crippen LogP contribution in [-0.2, 0) is 5.41 Å². The molecule has 3 aliphatic rings. The molecule has 2 aromatic carbocycles. The van der Waals surface area contributed by atoms with Crippen LogP contribution in [0.4, 0.5) is 0 Å². The fourth-order valence-electron chi connectivity index (χ4n) is 6.42. The molecule has 3 saturated carbocycles. The molecule has 0 aliphatic heterocycles. The summed E-state index contributed by atoms with van der Waals surface area (Å²) in [6.45, 7) is 5.22. The van der Waals surface area contributed by atoms with Gasteiger partial charge in [-0.3, -0.25) is 0 Å². The molecule has 34 heavy (non-hydrogen) atoms. The highest BCUT2D eigenvalue weighted by molar-refractivity contribution is 5.64. The molecule has 0 unspecified atom stereocenters. The molecule has 0 spiro atoms. The highest BCUT2D eigenvalue weighted by Crippen LogP contribution is 2.59. The number of benzene rings is 2. The van der Waals surface area contributed by atoms with Crippen LogP contribution in [0.25, 0.3) is 11.1 Å². The van der Waals surface area contributed by atoms with Crippen LogP contribution < -0.4 is 4.74 Å². The third kappa shape index (κ3) is 6.15. The summed E-state index contributed by atoms with van der Waals surface area (Å²) >= 11 is 0. The zero-order valence-corrected chi connectivity index (χ0v) is 21.8. The van der Waals surface area contributed by atoms with Crippen LogP contribution in [0.15, 0.2) is 60.7 Å². The molecule has 184 valence electrons. The van der Waals surface area contributed by atoms with E-state index in [2.05, 4.69) is 74.5 Å². The number of hydrogen-bond acceptors (Lipinski definition) is 1. The van der Waals surface area contributed by atoms with E-state index < -0.39 is 0 Å². The Kier molecular flexibility index (Phi) is 8.92. The lowest BCUT2D eigenvalue weighted by atomic mass is 9.51. The summed E-state index contributed by atoms with van der Waals surface area (Å²) in [5.74, 6) is 0.948. The number of ether oxygens (including phenoxy) is 1. The lowest BCUT2D eigenvalue weighted by Gasteiger charge is -2.54. The van der Waals surface area contributed by atoms with Gasteiger partial charge < -0.3 is 4.74 Å². The largest absolute Gasteiger partial charge is 0.490 e. The van der Waals surface area contributed by atoms with Gasteiger partial charge in [-0.1, -0.05) is 94.5 Å². The predicted octanol–water partition coefficient (Wildman–Crippen LogP) is 10.0. The van der Waals surface area contributed by atoms with E-state index in [0.717, 1.165) is 12.2 Å². The quantitative estimate of drug-likeness (QED) is 0.214. The number of unbranched alkanes of at least 4 members (excludes halogenated alkanes) is 5. The van der Waals surface area contributed by atoms with E-state index in [9.17, 15) is 0 Å². The topological polar surface area (TPSA) is 9.23 Å². The number of rotatable bonds is 13. The van der Waals surface area contributed by atoms with Crippen molar-refractivity contribution in [1.29, 1.82) is 0 Å². The van der Waals surface area contributed by atoms with Crippen molar-refractivity contribution in [3.63, 3.8) is 0 Å². The van der Waals surface area contributed by atoms with Gasteiger partial charge in [0.25, 0.3) is 0 Å². The summed E-state index contributed by atoms with van der Waals surface area (Å²) in [7, 11) is 0. The molecule has 0 amide bonds. The first-order valence-corrected chi connectivity index (χ1v) is 14.2. The average Bonchev–Trinajstić information content (AvgIpc) is 2.90. The van der Waals surface area contributed by atoms with E-state index in [0.29, 0.717) is 17.4 Å². The van der Waals surface area contributed by atoms with Crippen molar-refractivity contribution in [2.45, 2.75) is 109 Å². The fourth-order valence-corrected chi connectivity index (χ4v) is 6.42. The monoisotopic (exact) mass is 458 g/mol. The molecular formula is C33H46O. The Labute approximate surface area is 209 Å². The third-order valence-electron chi connectivity index (χ3n) is 8.88. The van der Waals surface area contributed by atoms with Crippen molar-refractivity contribution < 1.29 is 4.74 Å². The smallest absolute Gasteiger partial charge is 0.119 e. The Balaban J connectivity index is 1.29. The second-order valence-corrected chi connectivity index (χ2v) is 11.1. The molecule has 1 nitrogen and oxygen atoms in total. The van der Waals surface area contributed by atoms with Gasteiger partial charge in [0.05, 0.1) is 0 Å². The average molecular weight is 459 g/mol. The van der Waals surface area contributed by atoms with Crippen molar-refractivity contribution in [3.8, 4) is 16.9 Å². The van der Waals surface area contributed by atoms with E-state index in [4.69, 9.17) is 4.74 Å². The zero-order chi connectivity index (χ0) is 23.7.